The fraction of sp³-hybridized carbons (Fsp3) is 0.370. The number of rotatable bonds is 7. The van der Waals surface area contributed by atoms with Gasteiger partial charge in [-0.25, -0.2) is 4.98 Å². The van der Waals surface area contributed by atoms with E-state index in [2.05, 4.69) is 10.6 Å². The zero-order chi connectivity index (χ0) is 25.2. The van der Waals surface area contributed by atoms with Crippen molar-refractivity contribution in [1.29, 1.82) is 0 Å². The number of carbonyl (C=O) groups excluding carboxylic acids is 3. The number of anilines is 2. The van der Waals surface area contributed by atoms with Gasteiger partial charge in [-0.05, 0) is 55.9 Å². The van der Waals surface area contributed by atoms with Gasteiger partial charge in [0.05, 0.1) is 16.6 Å². The largest absolute Gasteiger partial charge is 0.362 e. The Morgan fingerprint density at radius 3 is 2.25 bits per heavy atom. The monoisotopic (exact) mass is 486 g/mol. The fourth-order valence-corrected chi connectivity index (χ4v) is 5.00. The molecule has 0 unspecified atom stereocenters. The van der Waals surface area contributed by atoms with Gasteiger partial charge < -0.3 is 15.5 Å². The number of carbonyl (C=O) groups is 3. The van der Waals surface area contributed by atoms with Crippen LogP contribution in [-0.2, 0) is 4.79 Å². The van der Waals surface area contributed by atoms with Gasteiger partial charge in [-0.15, -0.1) is 0 Å². The van der Waals surface area contributed by atoms with Crippen LogP contribution in [0.3, 0.4) is 0 Å². The number of nitrogens with zero attached hydrogens (tertiary/aromatic N) is 4. The van der Waals surface area contributed by atoms with Crippen LogP contribution in [0, 0.1) is 5.92 Å². The van der Waals surface area contributed by atoms with E-state index in [9.17, 15) is 14.4 Å². The number of para-hydroxylation sites is 1. The van der Waals surface area contributed by atoms with Gasteiger partial charge in [-0.1, -0.05) is 24.3 Å². The van der Waals surface area contributed by atoms with Crippen molar-refractivity contribution in [1.82, 2.24) is 20.2 Å². The highest BCUT2D eigenvalue weighted by molar-refractivity contribution is 6.22. The molecular weight excluding hydrogens is 456 g/mol. The van der Waals surface area contributed by atoms with Gasteiger partial charge in [0.2, 0.25) is 11.9 Å². The van der Waals surface area contributed by atoms with Gasteiger partial charge in [-0.2, -0.15) is 4.98 Å². The average molecular weight is 487 g/mol. The molecule has 2 N–H and O–H groups in total. The molecule has 0 saturated heterocycles. The molecule has 1 aliphatic heterocycles. The second-order valence-electron chi connectivity index (χ2n) is 9.69. The maximum atomic E-state index is 12.5. The minimum absolute atomic E-state index is 0.253. The molecule has 3 amide bonds. The Morgan fingerprint density at radius 1 is 0.944 bits per heavy atom. The number of hydrogen-bond acceptors (Lipinski definition) is 7. The summed E-state index contributed by atoms with van der Waals surface area (Å²) in [4.78, 5) is 49.9. The van der Waals surface area contributed by atoms with Crippen LogP contribution in [0.15, 0.2) is 48.5 Å². The van der Waals surface area contributed by atoms with Crippen LogP contribution in [0.4, 0.5) is 11.8 Å². The summed E-state index contributed by atoms with van der Waals surface area (Å²) in [7, 11) is 3.96. The van der Waals surface area contributed by atoms with Crippen molar-refractivity contribution in [3.05, 3.63) is 59.7 Å². The maximum Gasteiger partial charge on any atom is 0.262 e. The highest BCUT2D eigenvalue weighted by atomic mass is 16.2. The molecule has 1 fully saturated rings. The van der Waals surface area contributed by atoms with Crippen molar-refractivity contribution in [3.8, 4) is 0 Å². The van der Waals surface area contributed by atoms with E-state index in [1.54, 1.807) is 24.3 Å². The summed E-state index contributed by atoms with van der Waals surface area (Å²) >= 11 is 0. The summed E-state index contributed by atoms with van der Waals surface area (Å²) in [6, 6.07) is 14.9. The molecule has 0 spiro atoms. The minimum atomic E-state index is -0.411. The van der Waals surface area contributed by atoms with Gasteiger partial charge in [0, 0.05) is 32.1 Å². The van der Waals surface area contributed by atoms with Gasteiger partial charge in [0.25, 0.3) is 11.8 Å². The summed E-state index contributed by atoms with van der Waals surface area (Å²) in [5, 5.41) is 7.44. The number of benzene rings is 2. The van der Waals surface area contributed by atoms with Crippen LogP contribution in [0.25, 0.3) is 10.9 Å². The van der Waals surface area contributed by atoms with Crippen molar-refractivity contribution >= 4 is 40.4 Å². The molecule has 2 aromatic carbocycles. The number of imide groups is 1. The van der Waals surface area contributed by atoms with Crippen LogP contribution in [0.2, 0.25) is 0 Å². The smallest absolute Gasteiger partial charge is 0.262 e. The predicted molar refractivity (Wildman–Crippen MR) is 138 cm³/mol. The second-order valence-corrected chi connectivity index (χ2v) is 9.69. The number of amides is 3. The van der Waals surface area contributed by atoms with Crippen LogP contribution in [0.5, 0.6) is 0 Å². The molecule has 2 aliphatic rings. The molecule has 1 saturated carbocycles. The molecule has 186 valence electrons. The summed E-state index contributed by atoms with van der Waals surface area (Å²) in [5.41, 5.74) is 1.62. The topological polar surface area (TPSA) is 108 Å². The zero-order valence-corrected chi connectivity index (χ0v) is 20.5. The van der Waals surface area contributed by atoms with Crippen molar-refractivity contribution < 1.29 is 14.4 Å². The van der Waals surface area contributed by atoms with Gasteiger partial charge in [-0.3, -0.25) is 19.3 Å². The van der Waals surface area contributed by atoms with Crippen molar-refractivity contribution in [2.75, 3.05) is 37.4 Å². The van der Waals surface area contributed by atoms with Crippen molar-refractivity contribution in [2.24, 2.45) is 5.92 Å². The third-order valence-corrected chi connectivity index (χ3v) is 6.95. The molecule has 3 aromatic rings. The first-order chi connectivity index (χ1) is 17.4. The first kappa shape index (κ1) is 23.7. The molecule has 9 nitrogen and oxygen atoms in total. The molecule has 9 heteroatoms. The van der Waals surface area contributed by atoms with E-state index in [0.29, 0.717) is 29.5 Å². The number of hydrogen-bond donors (Lipinski definition) is 2. The Hall–Kier alpha value is -4.01. The van der Waals surface area contributed by atoms with E-state index in [1.165, 1.54) is 0 Å². The van der Waals surface area contributed by atoms with Crippen LogP contribution < -0.4 is 15.5 Å². The Balaban J connectivity index is 1.11. The van der Waals surface area contributed by atoms with E-state index < -0.39 is 11.8 Å². The molecule has 1 aliphatic carbocycles. The third kappa shape index (κ3) is 4.73. The molecule has 0 atom stereocenters. The predicted octanol–water partition coefficient (Wildman–Crippen LogP) is 3.08. The average Bonchev–Trinajstić information content (AvgIpc) is 3.12. The van der Waals surface area contributed by atoms with E-state index in [1.807, 2.05) is 43.3 Å². The highest BCUT2D eigenvalue weighted by Gasteiger charge is 2.36. The lowest BCUT2D eigenvalue weighted by Gasteiger charge is -2.29. The molecule has 1 aromatic heterocycles. The lowest BCUT2D eigenvalue weighted by atomic mass is 9.86. The van der Waals surface area contributed by atoms with E-state index in [4.69, 9.17) is 9.97 Å². The van der Waals surface area contributed by atoms with Gasteiger partial charge >= 0.3 is 0 Å². The van der Waals surface area contributed by atoms with E-state index >= 15 is 0 Å². The fourth-order valence-electron chi connectivity index (χ4n) is 5.00. The van der Waals surface area contributed by atoms with Crippen LogP contribution in [-0.4, -0.2) is 65.8 Å². The Morgan fingerprint density at radius 2 is 1.58 bits per heavy atom. The van der Waals surface area contributed by atoms with E-state index in [0.717, 1.165) is 47.3 Å². The molecular formula is C27H30N6O3. The van der Waals surface area contributed by atoms with E-state index in [-0.39, 0.29) is 18.5 Å². The summed E-state index contributed by atoms with van der Waals surface area (Å²) < 4.78 is 0. The summed E-state index contributed by atoms with van der Waals surface area (Å²) in [6.45, 7) is 0.280. The van der Waals surface area contributed by atoms with Crippen LogP contribution >= 0.6 is 0 Å². The number of aromatic nitrogens is 2. The Bertz CT molecular complexity index is 1280. The SMILES string of the molecule is CN(C)c1nc(NC2CCC(CNC(=O)CN3C(=O)c4ccccc4C3=O)CC2)nc2ccccc12. The molecule has 2 heterocycles. The lowest BCUT2D eigenvalue weighted by molar-refractivity contribution is -0.121. The molecule has 36 heavy (non-hydrogen) atoms. The minimum Gasteiger partial charge on any atom is -0.362 e. The standard InChI is InChI=1S/C27H30N6O3/c1-32(2)24-21-9-5-6-10-22(21)30-27(31-24)29-18-13-11-17(12-14-18)15-28-23(34)16-33-25(35)19-7-3-4-8-20(19)26(33)36/h3-10,17-18H,11-16H2,1-2H3,(H,28,34)(H,29,30,31). The highest BCUT2D eigenvalue weighted by Crippen LogP contribution is 2.28. The second kappa shape index (κ2) is 9.93. The molecule has 5 rings (SSSR count). The normalized spacial score (nSPS) is 19.3. The third-order valence-electron chi connectivity index (χ3n) is 6.95. The molecule has 0 bridgehead atoms. The van der Waals surface area contributed by atoms with Crippen LogP contribution in [0.1, 0.15) is 46.4 Å². The number of nitrogens with one attached hydrogen (secondary N) is 2. The maximum absolute atomic E-state index is 12.5. The quantitative estimate of drug-likeness (QED) is 0.494. The van der Waals surface area contributed by atoms with Crippen molar-refractivity contribution in [2.45, 2.75) is 31.7 Å². The zero-order valence-electron chi connectivity index (χ0n) is 20.5. The van der Waals surface area contributed by atoms with Crippen molar-refractivity contribution in [3.63, 3.8) is 0 Å². The van der Waals surface area contributed by atoms with Gasteiger partial charge in [0.1, 0.15) is 12.4 Å². The lowest BCUT2D eigenvalue weighted by Crippen LogP contribution is -2.42. The first-order valence-electron chi connectivity index (χ1n) is 12.3. The Kier molecular flexibility index (Phi) is 6.54. The first-order valence-corrected chi connectivity index (χ1v) is 12.3. The summed E-state index contributed by atoms with van der Waals surface area (Å²) in [5.74, 6) is 0.735. The number of fused-ring (bicyclic) bond motifs is 2. The Labute approximate surface area is 209 Å². The molecule has 0 radical (unpaired) electrons. The summed E-state index contributed by atoms with van der Waals surface area (Å²) in [6.07, 6.45) is 3.82. The van der Waals surface area contributed by atoms with Gasteiger partial charge in [0.15, 0.2) is 0 Å².